The molecule has 0 bridgehead atoms. The molecule has 1 aromatic carbocycles. The number of carbonyl (C=O) groups is 1. The molecule has 2 rings (SSSR count). The maximum absolute atomic E-state index is 12.5. The second-order valence-electron chi connectivity index (χ2n) is 6.20. The van der Waals surface area contributed by atoms with Crippen molar-refractivity contribution in [2.75, 3.05) is 31.6 Å². The van der Waals surface area contributed by atoms with Crippen LogP contribution in [0.3, 0.4) is 0 Å². The second kappa shape index (κ2) is 7.12. The van der Waals surface area contributed by atoms with Gasteiger partial charge in [-0.25, -0.2) is 8.42 Å². The summed E-state index contributed by atoms with van der Waals surface area (Å²) in [6, 6.07) is 4.68. The molecule has 1 fully saturated rings. The number of benzene rings is 1. The molecule has 1 amide bonds. The van der Waals surface area contributed by atoms with Crippen LogP contribution in [-0.4, -0.2) is 56.8 Å². The van der Waals surface area contributed by atoms with Crippen LogP contribution in [0.4, 0.5) is 14.5 Å². The van der Waals surface area contributed by atoms with E-state index < -0.39 is 20.5 Å². The van der Waals surface area contributed by atoms with Crippen molar-refractivity contribution in [3.05, 3.63) is 24.3 Å². The summed E-state index contributed by atoms with van der Waals surface area (Å²) in [6.07, 6.45) is 0. The molecule has 0 radical (unpaired) electrons. The molecule has 6 nitrogen and oxygen atoms in total. The highest BCUT2D eigenvalue weighted by Gasteiger charge is 2.28. The summed E-state index contributed by atoms with van der Waals surface area (Å²) in [5.74, 6) is -3.74. The van der Waals surface area contributed by atoms with Gasteiger partial charge in [-0.15, -0.1) is 0 Å². The zero-order valence-corrected chi connectivity index (χ0v) is 14.3. The lowest BCUT2D eigenvalue weighted by atomic mass is 10.1. The number of halogens is 2. The number of ether oxygens (including phenoxy) is 1. The van der Waals surface area contributed by atoms with Crippen molar-refractivity contribution in [2.24, 2.45) is 0 Å². The number of carbonyl (C=O) groups excluding carboxylic acids is 1. The molecular weight excluding hydrogens is 342 g/mol. The number of nitrogens with one attached hydrogen (secondary N) is 1. The maximum atomic E-state index is 12.5. The number of rotatable bonds is 5. The summed E-state index contributed by atoms with van der Waals surface area (Å²) >= 11 is 0. The number of morpholine rings is 1. The van der Waals surface area contributed by atoms with E-state index in [0.717, 1.165) is 12.1 Å². The highest BCUT2D eigenvalue weighted by atomic mass is 32.2. The molecule has 1 aromatic rings. The van der Waals surface area contributed by atoms with Crippen LogP contribution in [0, 0.1) is 0 Å². The van der Waals surface area contributed by atoms with Gasteiger partial charge in [-0.2, -0.15) is 8.78 Å². The molecule has 1 heterocycles. The van der Waals surface area contributed by atoms with Crippen LogP contribution in [0.25, 0.3) is 0 Å². The number of nitrogens with zero attached hydrogens (tertiary/aromatic N) is 1. The number of sulfone groups is 1. The molecule has 0 atom stereocenters. The monoisotopic (exact) mass is 362 g/mol. The van der Waals surface area contributed by atoms with E-state index in [2.05, 4.69) is 5.32 Å². The summed E-state index contributed by atoms with van der Waals surface area (Å²) in [4.78, 5) is 13.5. The molecule has 134 valence electrons. The third-order valence-corrected chi connectivity index (χ3v) is 4.97. The Morgan fingerprint density at radius 3 is 2.50 bits per heavy atom. The van der Waals surface area contributed by atoms with Gasteiger partial charge in [-0.05, 0) is 38.1 Å². The lowest BCUT2D eigenvalue weighted by Crippen LogP contribution is -2.50. The van der Waals surface area contributed by atoms with Gasteiger partial charge in [0, 0.05) is 18.8 Å². The summed E-state index contributed by atoms with van der Waals surface area (Å²) in [5, 5.41) is 2.62. The Bertz CT molecular complexity index is 690. The van der Waals surface area contributed by atoms with Crippen molar-refractivity contribution in [1.82, 2.24) is 4.90 Å². The Labute approximate surface area is 139 Å². The largest absolute Gasteiger partial charge is 0.373 e. The molecule has 1 aliphatic rings. The van der Waals surface area contributed by atoms with Gasteiger partial charge in [0.05, 0.1) is 23.6 Å². The minimum absolute atomic E-state index is 0.171. The number of hydrogen-bond donors (Lipinski definition) is 1. The van der Waals surface area contributed by atoms with Gasteiger partial charge >= 0.3 is 5.76 Å². The van der Waals surface area contributed by atoms with Crippen LogP contribution in [0.2, 0.25) is 0 Å². The Morgan fingerprint density at radius 2 is 1.96 bits per heavy atom. The second-order valence-corrected chi connectivity index (χ2v) is 8.11. The minimum Gasteiger partial charge on any atom is -0.373 e. The van der Waals surface area contributed by atoms with E-state index in [9.17, 15) is 22.0 Å². The van der Waals surface area contributed by atoms with E-state index in [1.165, 1.54) is 12.1 Å². The number of amides is 1. The van der Waals surface area contributed by atoms with Crippen molar-refractivity contribution < 1.29 is 26.7 Å². The lowest BCUT2D eigenvalue weighted by molar-refractivity contribution is -0.122. The average molecular weight is 362 g/mol. The fraction of sp³-hybridized carbons (Fsp3) is 0.533. The third-order valence-electron chi connectivity index (χ3n) is 3.57. The van der Waals surface area contributed by atoms with E-state index in [1.807, 2.05) is 18.7 Å². The van der Waals surface area contributed by atoms with Gasteiger partial charge in [-0.3, -0.25) is 9.69 Å². The quantitative estimate of drug-likeness (QED) is 0.863. The first-order valence-electron chi connectivity index (χ1n) is 7.38. The Hall–Kier alpha value is -1.58. The van der Waals surface area contributed by atoms with Gasteiger partial charge < -0.3 is 10.1 Å². The summed E-state index contributed by atoms with van der Waals surface area (Å²) in [6.45, 7) is 5.86. The van der Waals surface area contributed by atoms with E-state index >= 15 is 0 Å². The molecule has 0 aromatic heterocycles. The molecule has 24 heavy (non-hydrogen) atoms. The lowest BCUT2D eigenvalue weighted by Gasteiger charge is -2.37. The topological polar surface area (TPSA) is 75.7 Å². The number of anilines is 1. The SMILES string of the molecule is CC1(C)CN(CC(=O)Nc2ccc(S(=O)(=O)C(F)F)cc2)CCO1. The zero-order valence-electron chi connectivity index (χ0n) is 13.5. The van der Waals surface area contributed by atoms with Crippen molar-refractivity contribution in [3.8, 4) is 0 Å². The van der Waals surface area contributed by atoms with Gasteiger partial charge in [0.2, 0.25) is 15.7 Å². The van der Waals surface area contributed by atoms with E-state index in [4.69, 9.17) is 4.74 Å². The molecule has 0 spiro atoms. The van der Waals surface area contributed by atoms with Crippen molar-refractivity contribution >= 4 is 21.4 Å². The smallest absolute Gasteiger partial charge is 0.341 e. The molecule has 0 aliphatic carbocycles. The fourth-order valence-corrected chi connectivity index (χ4v) is 3.20. The number of hydrogen-bond acceptors (Lipinski definition) is 5. The summed E-state index contributed by atoms with van der Waals surface area (Å²) in [7, 11) is -4.63. The van der Waals surface area contributed by atoms with Crippen molar-refractivity contribution in [3.63, 3.8) is 0 Å². The summed E-state index contributed by atoms with van der Waals surface area (Å²) < 4.78 is 53.2. The zero-order chi connectivity index (χ0) is 18.0. The van der Waals surface area contributed by atoms with E-state index in [0.29, 0.717) is 25.4 Å². The molecule has 1 aliphatic heterocycles. The van der Waals surface area contributed by atoms with Crippen LogP contribution >= 0.6 is 0 Å². The molecule has 0 saturated carbocycles. The Balaban J connectivity index is 1.95. The van der Waals surface area contributed by atoms with Gasteiger partial charge in [-0.1, -0.05) is 0 Å². The highest BCUT2D eigenvalue weighted by Crippen LogP contribution is 2.20. The standard InChI is InChI=1S/C15H20F2N2O4S/c1-15(2)10-19(7-8-23-15)9-13(20)18-11-3-5-12(6-4-11)24(21,22)14(16)17/h3-6,14H,7-10H2,1-2H3,(H,18,20). The molecule has 1 saturated heterocycles. The highest BCUT2D eigenvalue weighted by molar-refractivity contribution is 7.91. The van der Waals surface area contributed by atoms with Gasteiger partial charge in [0.15, 0.2) is 0 Å². The first-order valence-corrected chi connectivity index (χ1v) is 8.93. The van der Waals surface area contributed by atoms with Crippen molar-refractivity contribution in [2.45, 2.75) is 30.1 Å². The van der Waals surface area contributed by atoms with Crippen LogP contribution in [0.1, 0.15) is 13.8 Å². The maximum Gasteiger partial charge on any atom is 0.341 e. The predicted molar refractivity (Wildman–Crippen MR) is 84.7 cm³/mol. The van der Waals surface area contributed by atoms with Crippen molar-refractivity contribution in [1.29, 1.82) is 0 Å². The van der Waals surface area contributed by atoms with Gasteiger partial charge in [0.1, 0.15) is 0 Å². The first kappa shape index (κ1) is 18.8. The minimum atomic E-state index is -4.63. The molecule has 1 N–H and O–H groups in total. The molecule has 0 unspecified atom stereocenters. The van der Waals surface area contributed by atoms with Crippen LogP contribution in [0.5, 0.6) is 0 Å². The van der Waals surface area contributed by atoms with E-state index in [1.54, 1.807) is 0 Å². The normalized spacial score (nSPS) is 18.5. The predicted octanol–water partition coefficient (Wildman–Crippen LogP) is 1.73. The summed E-state index contributed by atoms with van der Waals surface area (Å²) in [5.41, 5.74) is 0.0322. The number of alkyl halides is 2. The van der Waals surface area contributed by atoms with Crippen LogP contribution in [-0.2, 0) is 19.4 Å². The Kier molecular flexibility index (Phi) is 5.56. The average Bonchev–Trinajstić information content (AvgIpc) is 2.46. The molecule has 9 heteroatoms. The Morgan fingerprint density at radius 1 is 1.33 bits per heavy atom. The third kappa shape index (κ3) is 4.71. The molecular formula is C15H20F2N2O4S. The fourth-order valence-electron chi connectivity index (χ4n) is 2.48. The van der Waals surface area contributed by atoms with Crippen LogP contribution < -0.4 is 5.32 Å². The first-order chi connectivity index (χ1) is 11.1. The van der Waals surface area contributed by atoms with Gasteiger partial charge in [0.25, 0.3) is 0 Å². The van der Waals surface area contributed by atoms with E-state index in [-0.39, 0.29) is 18.1 Å². The van der Waals surface area contributed by atoms with Crippen LogP contribution in [0.15, 0.2) is 29.2 Å².